The highest BCUT2D eigenvalue weighted by Gasteiger charge is 2.23. The van der Waals surface area contributed by atoms with Crippen molar-refractivity contribution < 1.29 is 8.42 Å². The molecule has 1 saturated heterocycles. The van der Waals surface area contributed by atoms with Gasteiger partial charge in [0.1, 0.15) is 9.84 Å². The molecule has 2 aromatic rings. The van der Waals surface area contributed by atoms with Crippen LogP contribution in [0.15, 0.2) is 40.9 Å². The number of sulfone groups is 1. The molecule has 0 aromatic heterocycles. The Hall–Kier alpha value is -1.07. The van der Waals surface area contributed by atoms with E-state index in [9.17, 15) is 8.42 Å². The van der Waals surface area contributed by atoms with Gasteiger partial charge in [0.15, 0.2) is 0 Å². The van der Waals surface area contributed by atoms with Gasteiger partial charge >= 0.3 is 0 Å². The van der Waals surface area contributed by atoms with E-state index in [2.05, 4.69) is 51.6 Å². The maximum atomic E-state index is 11.4. The molecule has 3 rings (SSSR count). The highest BCUT2D eigenvalue weighted by molar-refractivity contribution is 9.10. The van der Waals surface area contributed by atoms with E-state index in [-0.39, 0.29) is 6.04 Å². The lowest BCUT2D eigenvalue weighted by Gasteiger charge is -2.24. The van der Waals surface area contributed by atoms with Crippen LogP contribution in [0.1, 0.15) is 12.8 Å². The first-order valence-corrected chi connectivity index (χ1v) is 9.30. The number of nitrogens with one attached hydrogen (secondary N) is 1. The molecule has 1 aliphatic heterocycles. The SMILES string of the molecule is O=S1(=O)CCC(Nc2ccc3cc(Br)ccc3c2)CC1. The molecule has 1 heterocycles. The Morgan fingerprint density at radius 2 is 1.65 bits per heavy atom. The Morgan fingerprint density at radius 3 is 2.40 bits per heavy atom. The van der Waals surface area contributed by atoms with Crippen LogP contribution in [0.2, 0.25) is 0 Å². The van der Waals surface area contributed by atoms with Crippen LogP contribution in [0.5, 0.6) is 0 Å². The van der Waals surface area contributed by atoms with E-state index in [4.69, 9.17) is 0 Å². The lowest BCUT2D eigenvalue weighted by molar-refractivity contribution is 0.559. The molecular weight excluding hydrogens is 338 g/mol. The van der Waals surface area contributed by atoms with Crippen LogP contribution < -0.4 is 5.32 Å². The third-order valence-electron chi connectivity index (χ3n) is 3.73. The highest BCUT2D eigenvalue weighted by Crippen LogP contribution is 2.24. The molecule has 1 aliphatic rings. The minimum absolute atomic E-state index is 0.256. The van der Waals surface area contributed by atoms with Crippen molar-refractivity contribution in [3.63, 3.8) is 0 Å². The lowest BCUT2D eigenvalue weighted by Crippen LogP contribution is -2.32. The molecule has 106 valence electrons. The first-order chi connectivity index (χ1) is 9.52. The van der Waals surface area contributed by atoms with Gasteiger partial charge in [0, 0.05) is 16.2 Å². The van der Waals surface area contributed by atoms with Crippen molar-refractivity contribution in [2.45, 2.75) is 18.9 Å². The van der Waals surface area contributed by atoms with E-state index < -0.39 is 9.84 Å². The highest BCUT2D eigenvalue weighted by atomic mass is 79.9. The molecule has 3 nitrogen and oxygen atoms in total. The van der Waals surface area contributed by atoms with E-state index in [0.29, 0.717) is 24.3 Å². The average Bonchev–Trinajstić information content (AvgIpc) is 2.41. The van der Waals surface area contributed by atoms with Crippen LogP contribution in [0.4, 0.5) is 5.69 Å². The van der Waals surface area contributed by atoms with Crippen molar-refractivity contribution >= 4 is 42.2 Å². The zero-order valence-corrected chi connectivity index (χ0v) is 13.4. The van der Waals surface area contributed by atoms with Gasteiger partial charge in [-0.25, -0.2) is 8.42 Å². The van der Waals surface area contributed by atoms with Gasteiger partial charge in [0.2, 0.25) is 0 Å². The summed E-state index contributed by atoms with van der Waals surface area (Å²) in [5, 5.41) is 5.82. The third-order valence-corrected chi connectivity index (χ3v) is 5.94. The van der Waals surface area contributed by atoms with E-state index in [1.165, 1.54) is 10.8 Å². The molecule has 0 spiro atoms. The molecule has 0 radical (unpaired) electrons. The predicted molar refractivity (Wildman–Crippen MR) is 86.9 cm³/mol. The number of hydrogen-bond acceptors (Lipinski definition) is 3. The number of rotatable bonds is 2. The van der Waals surface area contributed by atoms with Gasteiger partial charge in [-0.1, -0.05) is 28.1 Å². The van der Waals surface area contributed by atoms with Crippen LogP contribution in [0.25, 0.3) is 10.8 Å². The van der Waals surface area contributed by atoms with Crippen molar-refractivity contribution in [1.82, 2.24) is 0 Å². The molecular formula is C15H16BrNO2S. The van der Waals surface area contributed by atoms with E-state index >= 15 is 0 Å². The number of hydrogen-bond donors (Lipinski definition) is 1. The van der Waals surface area contributed by atoms with Crippen LogP contribution in [-0.4, -0.2) is 26.0 Å². The fourth-order valence-electron chi connectivity index (χ4n) is 2.58. The van der Waals surface area contributed by atoms with Crippen LogP contribution >= 0.6 is 15.9 Å². The molecule has 20 heavy (non-hydrogen) atoms. The summed E-state index contributed by atoms with van der Waals surface area (Å²) in [5.41, 5.74) is 1.06. The molecule has 0 unspecified atom stereocenters. The van der Waals surface area contributed by atoms with Gasteiger partial charge in [-0.2, -0.15) is 0 Å². The minimum Gasteiger partial charge on any atom is -0.382 e. The first kappa shape index (κ1) is 13.9. The summed E-state index contributed by atoms with van der Waals surface area (Å²) in [5.74, 6) is 0.594. The van der Waals surface area contributed by atoms with Gasteiger partial charge in [-0.3, -0.25) is 0 Å². The Labute approximate surface area is 127 Å². The Bertz CT molecular complexity index is 729. The number of anilines is 1. The largest absolute Gasteiger partial charge is 0.382 e. The van der Waals surface area contributed by atoms with Gasteiger partial charge in [-0.05, 0) is 47.9 Å². The standard InChI is InChI=1S/C15H16BrNO2S/c16-13-3-1-12-10-15(4-2-11(12)9-13)17-14-5-7-20(18,19)8-6-14/h1-4,9-10,14,17H,5-8H2. The van der Waals surface area contributed by atoms with E-state index in [1.807, 2.05) is 6.07 Å². The van der Waals surface area contributed by atoms with Gasteiger partial charge < -0.3 is 5.32 Å². The topological polar surface area (TPSA) is 46.2 Å². The smallest absolute Gasteiger partial charge is 0.150 e. The molecule has 0 amide bonds. The third kappa shape index (κ3) is 3.15. The summed E-state index contributed by atoms with van der Waals surface area (Å²) in [6, 6.07) is 12.7. The first-order valence-electron chi connectivity index (χ1n) is 6.68. The fraction of sp³-hybridized carbons (Fsp3) is 0.333. The van der Waals surface area contributed by atoms with Crippen molar-refractivity contribution in [1.29, 1.82) is 0 Å². The summed E-state index contributed by atoms with van der Waals surface area (Å²) in [6.45, 7) is 0. The van der Waals surface area contributed by atoms with Crippen LogP contribution in [0.3, 0.4) is 0 Å². The molecule has 0 bridgehead atoms. The summed E-state index contributed by atoms with van der Waals surface area (Å²) < 4.78 is 23.9. The Kier molecular flexibility index (Phi) is 3.73. The quantitative estimate of drug-likeness (QED) is 0.897. The maximum Gasteiger partial charge on any atom is 0.150 e. The summed E-state index contributed by atoms with van der Waals surface area (Å²) in [4.78, 5) is 0. The Morgan fingerprint density at radius 1 is 1.00 bits per heavy atom. The molecule has 0 aliphatic carbocycles. The van der Waals surface area contributed by atoms with Gasteiger partial charge in [0.25, 0.3) is 0 Å². The van der Waals surface area contributed by atoms with Crippen molar-refractivity contribution in [2.24, 2.45) is 0 Å². The molecule has 0 atom stereocenters. The normalized spacial score (nSPS) is 19.1. The van der Waals surface area contributed by atoms with Gasteiger partial charge in [0.05, 0.1) is 11.5 Å². The summed E-state index contributed by atoms with van der Waals surface area (Å²) in [7, 11) is -2.79. The number of halogens is 1. The predicted octanol–water partition coefficient (Wildman–Crippen LogP) is 3.59. The Balaban J connectivity index is 1.76. The zero-order valence-electron chi connectivity index (χ0n) is 11.0. The monoisotopic (exact) mass is 353 g/mol. The molecule has 0 saturated carbocycles. The molecule has 1 fully saturated rings. The van der Waals surface area contributed by atoms with E-state index in [1.54, 1.807) is 0 Å². The van der Waals surface area contributed by atoms with Gasteiger partial charge in [-0.15, -0.1) is 0 Å². The molecule has 2 aromatic carbocycles. The van der Waals surface area contributed by atoms with Crippen molar-refractivity contribution in [3.8, 4) is 0 Å². The van der Waals surface area contributed by atoms with Crippen LogP contribution in [-0.2, 0) is 9.84 Å². The second-order valence-corrected chi connectivity index (χ2v) is 8.50. The maximum absolute atomic E-state index is 11.4. The second-order valence-electron chi connectivity index (χ2n) is 5.28. The summed E-state index contributed by atoms with van der Waals surface area (Å²) in [6.07, 6.45) is 1.39. The second kappa shape index (κ2) is 5.37. The number of benzene rings is 2. The van der Waals surface area contributed by atoms with E-state index in [0.717, 1.165) is 10.2 Å². The summed E-state index contributed by atoms with van der Waals surface area (Å²) >= 11 is 3.47. The number of fused-ring (bicyclic) bond motifs is 1. The van der Waals surface area contributed by atoms with Crippen molar-refractivity contribution in [3.05, 3.63) is 40.9 Å². The molecule has 1 N–H and O–H groups in total. The minimum atomic E-state index is -2.79. The van der Waals surface area contributed by atoms with Crippen LogP contribution in [0, 0.1) is 0 Å². The zero-order chi connectivity index (χ0) is 14.2. The average molecular weight is 354 g/mol. The lowest BCUT2D eigenvalue weighted by atomic mass is 10.1. The fourth-order valence-corrected chi connectivity index (χ4v) is 4.45. The van der Waals surface area contributed by atoms with Crippen molar-refractivity contribution in [2.75, 3.05) is 16.8 Å². The molecule has 5 heteroatoms.